The minimum absolute atomic E-state index is 0.164. The number of benzene rings is 1. The van der Waals surface area contributed by atoms with Crippen LogP contribution in [0.25, 0.3) is 0 Å². The van der Waals surface area contributed by atoms with Gasteiger partial charge in [0.15, 0.2) is 0 Å². The van der Waals surface area contributed by atoms with E-state index in [4.69, 9.17) is 0 Å². The third kappa shape index (κ3) is 4.61. The number of nitrogens with one attached hydrogen (secondary N) is 1. The van der Waals surface area contributed by atoms with Crippen LogP contribution in [0.3, 0.4) is 0 Å². The Hall–Kier alpha value is -2.20. The van der Waals surface area contributed by atoms with Gasteiger partial charge in [0, 0.05) is 37.1 Å². The third-order valence-corrected chi connectivity index (χ3v) is 6.30. The fraction of sp³-hybridized carbons (Fsp3) is 0.500. The molecule has 1 aliphatic heterocycles. The zero-order valence-corrected chi connectivity index (χ0v) is 16.6. The molecule has 1 amide bonds. The topological polar surface area (TPSA) is 45.2 Å². The summed E-state index contributed by atoms with van der Waals surface area (Å²) in [6.45, 7) is 2.84. The second-order valence-electron chi connectivity index (χ2n) is 8.25. The molecule has 1 aromatic heterocycles. The van der Waals surface area contributed by atoms with Crippen LogP contribution in [-0.2, 0) is 6.54 Å². The van der Waals surface area contributed by atoms with Crippen LogP contribution < -0.4 is 5.32 Å². The molecule has 0 radical (unpaired) electrons. The number of rotatable bonds is 5. The van der Waals surface area contributed by atoms with Gasteiger partial charge in [0.2, 0.25) is 0 Å². The van der Waals surface area contributed by atoms with Crippen molar-refractivity contribution in [1.82, 2.24) is 15.2 Å². The van der Waals surface area contributed by atoms with Crippen LogP contribution in [0.15, 0.2) is 48.8 Å². The summed E-state index contributed by atoms with van der Waals surface area (Å²) in [5, 5.41) is 3.48. The van der Waals surface area contributed by atoms with Crippen LogP contribution in [0, 0.1) is 0 Å². The predicted molar refractivity (Wildman–Crippen MR) is 112 cm³/mol. The molecular weight excluding hydrogens is 346 g/mol. The van der Waals surface area contributed by atoms with Crippen LogP contribution >= 0.6 is 0 Å². The number of piperidine rings is 1. The van der Waals surface area contributed by atoms with Crippen LogP contribution in [0.4, 0.5) is 0 Å². The summed E-state index contributed by atoms with van der Waals surface area (Å²) in [5.41, 5.74) is 3.31. The lowest BCUT2D eigenvalue weighted by Crippen LogP contribution is -2.41. The average molecular weight is 378 g/mol. The summed E-state index contributed by atoms with van der Waals surface area (Å²) in [4.78, 5) is 19.7. The normalized spacial score (nSPS) is 20.6. The van der Waals surface area contributed by atoms with E-state index in [1.807, 2.05) is 36.7 Å². The van der Waals surface area contributed by atoms with Crippen LogP contribution in [0.5, 0.6) is 0 Å². The van der Waals surface area contributed by atoms with Gasteiger partial charge in [-0.05, 0) is 73.5 Å². The first-order chi connectivity index (χ1) is 13.8. The van der Waals surface area contributed by atoms with Crippen molar-refractivity contribution in [3.05, 3.63) is 65.5 Å². The molecule has 1 saturated carbocycles. The highest BCUT2D eigenvalue weighted by molar-refractivity contribution is 5.94. The Balaban J connectivity index is 1.52. The maximum Gasteiger partial charge on any atom is 0.254 e. The van der Waals surface area contributed by atoms with Crippen LogP contribution in [-0.4, -0.2) is 34.9 Å². The van der Waals surface area contributed by atoms with E-state index in [0.29, 0.717) is 18.5 Å². The van der Waals surface area contributed by atoms with Crippen LogP contribution in [0.2, 0.25) is 0 Å². The molecule has 0 bridgehead atoms. The highest BCUT2D eigenvalue weighted by atomic mass is 16.2. The van der Waals surface area contributed by atoms with Crippen LogP contribution in [0.1, 0.15) is 72.3 Å². The molecule has 0 unspecified atom stereocenters. The van der Waals surface area contributed by atoms with Crippen molar-refractivity contribution in [3.63, 3.8) is 0 Å². The van der Waals surface area contributed by atoms with Gasteiger partial charge in [0.05, 0.1) is 0 Å². The summed E-state index contributed by atoms with van der Waals surface area (Å²) >= 11 is 0. The molecule has 1 saturated heterocycles. The Labute approximate surface area is 168 Å². The van der Waals surface area contributed by atoms with Crippen molar-refractivity contribution >= 4 is 5.91 Å². The van der Waals surface area contributed by atoms with E-state index in [0.717, 1.165) is 37.1 Å². The van der Waals surface area contributed by atoms with Gasteiger partial charge in [0.1, 0.15) is 0 Å². The standard InChI is InChI=1S/C24H31N3O/c28-24(21-10-8-20(9-11-21)22-5-4-14-26-17-22)27(23-6-2-1-3-7-23)18-19-12-15-25-16-13-19/h8-13,15-16,22-23,26H,1-7,14,17-18H2/t22-/m0/s1. The fourth-order valence-electron chi connectivity index (χ4n) is 4.64. The molecule has 1 aliphatic carbocycles. The maximum atomic E-state index is 13.4. The molecule has 28 heavy (non-hydrogen) atoms. The number of pyridine rings is 1. The molecule has 2 aliphatic rings. The molecule has 1 atom stereocenters. The van der Waals surface area contributed by atoms with E-state index in [-0.39, 0.29) is 5.91 Å². The Bertz CT molecular complexity index is 747. The predicted octanol–water partition coefficient (Wildman–Crippen LogP) is 4.52. The molecule has 148 valence electrons. The second-order valence-corrected chi connectivity index (χ2v) is 8.25. The van der Waals surface area contributed by atoms with E-state index < -0.39 is 0 Å². The molecule has 4 nitrogen and oxygen atoms in total. The average Bonchev–Trinajstić information content (AvgIpc) is 2.79. The first kappa shape index (κ1) is 19.1. The number of aromatic nitrogens is 1. The van der Waals surface area contributed by atoms with E-state index in [1.165, 1.54) is 37.7 Å². The number of carbonyl (C=O) groups is 1. The monoisotopic (exact) mass is 377 g/mol. The van der Waals surface area contributed by atoms with Gasteiger partial charge >= 0.3 is 0 Å². The van der Waals surface area contributed by atoms with Crippen molar-refractivity contribution in [2.45, 2.75) is 63.5 Å². The van der Waals surface area contributed by atoms with Crippen molar-refractivity contribution < 1.29 is 4.79 Å². The number of amides is 1. The molecule has 2 heterocycles. The molecule has 4 rings (SSSR count). The third-order valence-electron chi connectivity index (χ3n) is 6.30. The molecule has 2 fully saturated rings. The van der Waals surface area contributed by atoms with Gasteiger partial charge in [-0.15, -0.1) is 0 Å². The maximum absolute atomic E-state index is 13.4. The minimum atomic E-state index is 0.164. The Morgan fingerprint density at radius 1 is 0.964 bits per heavy atom. The zero-order valence-electron chi connectivity index (χ0n) is 16.6. The van der Waals surface area contributed by atoms with Gasteiger partial charge < -0.3 is 10.2 Å². The fourth-order valence-corrected chi connectivity index (χ4v) is 4.64. The number of nitrogens with zero attached hydrogens (tertiary/aromatic N) is 2. The Morgan fingerprint density at radius 2 is 1.71 bits per heavy atom. The minimum Gasteiger partial charge on any atom is -0.331 e. The van der Waals surface area contributed by atoms with E-state index in [9.17, 15) is 4.79 Å². The van der Waals surface area contributed by atoms with E-state index >= 15 is 0 Å². The first-order valence-electron chi connectivity index (χ1n) is 10.8. The lowest BCUT2D eigenvalue weighted by molar-refractivity contribution is 0.0614. The Morgan fingerprint density at radius 3 is 2.39 bits per heavy atom. The molecule has 1 N–H and O–H groups in total. The highest BCUT2D eigenvalue weighted by Crippen LogP contribution is 2.27. The zero-order chi connectivity index (χ0) is 19.2. The van der Waals surface area contributed by atoms with E-state index in [1.54, 1.807) is 0 Å². The van der Waals surface area contributed by atoms with Gasteiger partial charge in [-0.1, -0.05) is 31.4 Å². The lowest BCUT2D eigenvalue weighted by Gasteiger charge is -2.34. The van der Waals surface area contributed by atoms with Gasteiger partial charge in [-0.3, -0.25) is 9.78 Å². The van der Waals surface area contributed by atoms with Crippen molar-refractivity contribution in [2.24, 2.45) is 0 Å². The lowest BCUT2D eigenvalue weighted by atomic mass is 9.90. The van der Waals surface area contributed by atoms with Gasteiger partial charge in [-0.2, -0.15) is 0 Å². The van der Waals surface area contributed by atoms with Crippen molar-refractivity contribution in [3.8, 4) is 0 Å². The Kier molecular flexibility index (Phi) is 6.38. The van der Waals surface area contributed by atoms with Gasteiger partial charge in [0.25, 0.3) is 5.91 Å². The van der Waals surface area contributed by atoms with Crippen molar-refractivity contribution in [1.29, 1.82) is 0 Å². The quantitative estimate of drug-likeness (QED) is 0.833. The molecule has 0 spiro atoms. The molecule has 1 aromatic carbocycles. The molecule has 2 aromatic rings. The molecule has 4 heteroatoms. The summed E-state index contributed by atoms with van der Waals surface area (Å²) in [6, 6.07) is 12.8. The van der Waals surface area contributed by atoms with E-state index in [2.05, 4.69) is 27.3 Å². The first-order valence-corrected chi connectivity index (χ1v) is 10.8. The number of hydrogen-bond donors (Lipinski definition) is 1. The highest BCUT2D eigenvalue weighted by Gasteiger charge is 2.26. The smallest absolute Gasteiger partial charge is 0.254 e. The summed E-state index contributed by atoms with van der Waals surface area (Å²) in [5.74, 6) is 0.737. The SMILES string of the molecule is O=C(c1ccc([C@H]2CCCNC2)cc1)N(Cc1ccncc1)C1CCCCC1. The van der Waals surface area contributed by atoms with Crippen molar-refractivity contribution in [2.75, 3.05) is 13.1 Å². The number of hydrogen-bond acceptors (Lipinski definition) is 3. The molecular formula is C24H31N3O. The summed E-state index contributed by atoms with van der Waals surface area (Å²) in [6.07, 6.45) is 12.0. The van der Waals surface area contributed by atoms with Gasteiger partial charge in [-0.25, -0.2) is 0 Å². The second kappa shape index (κ2) is 9.33. The largest absolute Gasteiger partial charge is 0.331 e. The summed E-state index contributed by atoms with van der Waals surface area (Å²) < 4.78 is 0. The summed E-state index contributed by atoms with van der Waals surface area (Å²) in [7, 11) is 0. The number of carbonyl (C=O) groups excluding carboxylic acids is 1.